The van der Waals surface area contributed by atoms with Crippen LogP contribution in [0.3, 0.4) is 0 Å². The number of fused-ring (bicyclic) bond motifs is 2. The maximum atomic E-state index is 10.3. The molecule has 3 aromatic carbocycles. The Kier molecular flexibility index (Phi) is 11.1. The van der Waals surface area contributed by atoms with Crippen molar-refractivity contribution in [2.45, 2.75) is 44.6 Å². The highest BCUT2D eigenvalue weighted by molar-refractivity contribution is 5.95. The summed E-state index contributed by atoms with van der Waals surface area (Å²) in [6.45, 7) is 3.93. The normalized spacial score (nSPS) is 12.8. The number of hydrogen-bond donors (Lipinski definition) is 5. The van der Waals surface area contributed by atoms with Gasteiger partial charge in [-0.3, -0.25) is 14.5 Å². The Labute approximate surface area is 247 Å². The zero-order valence-electron chi connectivity index (χ0n) is 24.0. The molecule has 1 aliphatic rings. The second-order valence-electron chi connectivity index (χ2n) is 9.99. The van der Waals surface area contributed by atoms with Crippen molar-refractivity contribution >= 4 is 28.7 Å². The van der Waals surface area contributed by atoms with Crippen LogP contribution in [0.1, 0.15) is 30.9 Å². The van der Waals surface area contributed by atoms with Gasteiger partial charge >= 0.3 is 17.9 Å². The summed E-state index contributed by atoms with van der Waals surface area (Å²) < 4.78 is 22.1. The number of aliphatic hydroxyl groups excluding tert-OH is 1. The molecule has 13 heteroatoms. The van der Waals surface area contributed by atoms with E-state index in [4.69, 9.17) is 39.4 Å². The van der Waals surface area contributed by atoms with Crippen molar-refractivity contribution in [2.75, 3.05) is 27.6 Å². The quantitative estimate of drug-likeness (QED) is 0.192. The predicted molar refractivity (Wildman–Crippen MR) is 153 cm³/mol. The van der Waals surface area contributed by atoms with Crippen LogP contribution < -0.4 is 18.9 Å². The van der Waals surface area contributed by atoms with Gasteiger partial charge in [-0.25, -0.2) is 4.79 Å². The second-order valence-corrected chi connectivity index (χ2v) is 9.99. The highest BCUT2D eigenvalue weighted by atomic mass is 16.7. The SMILES string of the molecule is COc1ccc(CN(Cc2ccc3c(c2)OCO3)CC(C)O)c2c(OC)cccc12.O=C(O)CC(O)(CC(=O)O)C(=O)O. The van der Waals surface area contributed by atoms with Gasteiger partial charge in [-0.2, -0.15) is 0 Å². The van der Waals surface area contributed by atoms with Crippen LogP contribution in [0.25, 0.3) is 10.8 Å². The van der Waals surface area contributed by atoms with Crippen LogP contribution in [0.5, 0.6) is 23.0 Å². The third-order valence-corrected chi connectivity index (χ3v) is 6.53. The van der Waals surface area contributed by atoms with Gasteiger partial charge in [0.2, 0.25) is 6.79 Å². The van der Waals surface area contributed by atoms with Crippen molar-refractivity contribution in [1.82, 2.24) is 4.90 Å². The number of ether oxygens (including phenoxy) is 4. The maximum absolute atomic E-state index is 10.3. The molecule has 4 rings (SSSR count). The van der Waals surface area contributed by atoms with Crippen LogP contribution in [-0.4, -0.2) is 87.6 Å². The molecule has 1 atom stereocenters. The molecule has 5 N–H and O–H groups in total. The highest BCUT2D eigenvalue weighted by Crippen LogP contribution is 2.36. The summed E-state index contributed by atoms with van der Waals surface area (Å²) in [4.78, 5) is 32.7. The molecule has 0 spiro atoms. The first-order valence-electron chi connectivity index (χ1n) is 13.2. The topological polar surface area (TPSA) is 193 Å². The maximum Gasteiger partial charge on any atom is 0.336 e. The average molecular weight is 602 g/mol. The van der Waals surface area contributed by atoms with Gasteiger partial charge in [0, 0.05) is 30.4 Å². The Hall–Kier alpha value is -4.59. The molecule has 0 saturated carbocycles. The minimum atomic E-state index is -2.74. The second kappa shape index (κ2) is 14.5. The third-order valence-electron chi connectivity index (χ3n) is 6.53. The lowest BCUT2D eigenvalue weighted by Crippen LogP contribution is -2.42. The van der Waals surface area contributed by atoms with E-state index in [1.807, 2.05) is 42.5 Å². The fraction of sp³-hybridized carbons (Fsp3) is 0.367. The third kappa shape index (κ3) is 8.70. The van der Waals surface area contributed by atoms with Crippen LogP contribution in [0.2, 0.25) is 0 Å². The largest absolute Gasteiger partial charge is 0.496 e. The summed E-state index contributed by atoms with van der Waals surface area (Å²) in [6.07, 6.45) is -2.74. The molecule has 13 nitrogen and oxygen atoms in total. The van der Waals surface area contributed by atoms with E-state index in [1.165, 1.54) is 0 Å². The summed E-state index contributed by atoms with van der Waals surface area (Å²) in [6, 6.07) is 16.0. The van der Waals surface area contributed by atoms with Gasteiger partial charge in [0.15, 0.2) is 17.1 Å². The number of carbonyl (C=O) groups is 3. The molecule has 1 aliphatic heterocycles. The molecular formula is C30H35NO12. The molecule has 0 bridgehead atoms. The Morgan fingerprint density at radius 3 is 2.14 bits per heavy atom. The number of aliphatic hydroxyl groups is 2. The fourth-order valence-electron chi connectivity index (χ4n) is 4.71. The lowest BCUT2D eigenvalue weighted by molar-refractivity contribution is -0.170. The summed E-state index contributed by atoms with van der Waals surface area (Å²) in [7, 11) is 3.35. The smallest absolute Gasteiger partial charge is 0.336 e. The van der Waals surface area contributed by atoms with E-state index >= 15 is 0 Å². The van der Waals surface area contributed by atoms with Gasteiger partial charge in [-0.1, -0.05) is 24.3 Å². The van der Waals surface area contributed by atoms with Crippen molar-refractivity contribution in [3.8, 4) is 23.0 Å². The summed E-state index contributed by atoms with van der Waals surface area (Å²) in [5, 5.41) is 45.9. The number of aliphatic carboxylic acids is 3. The molecule has 232 valence electrons. The van der Waals surface area contributed by atoms with Gasteiger partial charge in [0.1, 0.15) is 11.5 Å². The molecule has 0 amide bonds. The molecule has 0 saturated heterocycles. The molecular weight excluding hydrogens is 566 g/mol. The van der Waals surface area contributed by atoms with E-state index < -0.39 is 42.5 Å². The lowest BCUT2D eigenvalue weighted by atomic mass is 9.96. The number of methoxy groups -OCH3 is 2. The van der Waals surface area contributed by atoms with Crippen LogP contribution in [0.15, 0.2) is 48.5 Å². The van der Waals surface area contributed by atoms with Gasteiger partial charge in [-0.15, -0.1) is 0 Å². The van der Waals surface area contributed by atoms with E-state index in [0.29, 0.717) is 19.6 Å². The summed E-state index contributed by atoms with van der Waals surface area (Å²) in [5.74, 6) is -1.87. The van der Waals surface area contributed by atoms with Crippen molar-refractivity contribution in [3.05, 3.63) is 59.7 Å². The zero-order chi connectivity index (χ0) is 31.7. The number of carboxylic acids is 3. The molecule has 0 fully saturated rings. The Morgan fingerprint density at radius 1 is 0.907 bits per heavy atom. The van der Waals surface area contributed by atoms with E-state index in [0.717, 1.165) is 44.9 Å². The van der Waals surface area contributed by atoms with Crippen molar-refractivity contribution in [1.29, 1.82) is 0 Å². The van der Waals surface area contributed by atoms with Crippen molar-refractivity contribution in [3.63, 3.8) is 0 Å². The summed E-state index contributed by atoms with van der Waals surface area (Å²) in [5.41, 5.74) is -0.521. The molecule has 0 aromatic heterocycles. The number of benzene rings is 3. The summed E-state index contributed by atoms with van der Waals surface area (Å²) >= 11 is 0. The Morgan fingerprint density at radius 2 is 1.56 bits per heavy atom. The van der Waals surface area contributed by atoms with E-state index in [1.54, 1.807) is 21.1 Å². The van der Waals surface area contributed by atoms with E-state index in [-0.39, 0.29) is 6.79 Å². The number of hydrogen-bond acceptors (Lipinski definition) is 10. The van der Waals surface area contributed by atoms with Crippen LogP contribution in [0, 0.1) is 0 Å². The first-order valence-corrected chi connectivity index (χ1v) is 13.2. The van der Waals surface area contributed by atoms with E-state index in [2.05, 4.69) is 11.0 Å². The highest BCUT2D eigenvalue weighted by Gasteiger charge is 2.40. The minimum Gasteiger partial charge on any atom is -0.496 e. The standard InChI is InChI=1S/C24H27NO5.C6H8O7/c1-16(26)12-25(13-17-7-9-21-23(11-17)30-15-29-21)14-18-8-10-20(27-2)19-5-4-6-22(28-3)24(18)19;7-3(8)1-6(13,5(11)12)2-4(9)10/h4-11,16,26H,12-15H2,1-3H3;13H,1-2H2,(H,7,8)(H,9,10)(H,11,12). The Balaban J connectivity index is 0.000000331. The average Bonchev–Trinajstić information content (AvgIpc) is 3.40. The number of nitrogens with zero attached hydrogens (tertiary/aromatic N) is 1. The van der Waals surface area contributed by atoms with Crippen LogP contribution in [-0.2, 0) is 27.5 Å². The lowest BCUT2D eigenvalue weighted by Gasteiger charge is -2.25. The van der Waals surface area contributed by atoms with E-state index in [9.17, 15) is 19.5 Å². The molecule has 43 heavy (non-hydrogen) atoms. The fourth-order valence-corrected chi connectivity index (χ4v) is 4.71. The predicted octanol–water partition coefficient (Wildman–Crippen LogP) is 2.72. The minimum absolute atomic E-state index is 0.258. The van der Waals surface area contributed by atoms with Gasteiger partial charge < -0.3 is 44.5 Å². The molecule has 3 aromatic rings. The number of carboxylic acid groups (broad SMARTS) is 3. The first-order chi connectivity index (χ1) is 20.4. The molecule has 0 aliphatic carbocycles. The monoisotopic (exact) mass is 601 g/mol. The zero-order valence-corrected chi connectivity index (χ0v) is 24.0. The first kappa shape index (κ1) is 32.9. The Bertz CT molecular complexity index is 1440. The molecule has 0 radical (unpaired) electrons. The number of rotatable bonds is 13. The van der Waals surface area contributed by atoms with Crippen molar-refractivity contribution in [2.24, 2.45) is 0 Å². The van der Waals surface area contributed by atoms with Gasteiger partial charge in [-0.05, 0) is 42.3 Å². The molecule has 1 unspecified atom stereocenters. The van der Waals surface area contributed by atoms with Crippen LogP contribution in [0.4, 0.5) is 0 Å². The van der Waals surface area contributed by atoms with Crippen LogP contribution >= 0.6 is 0 Å². The van der Waals surface area contributed by atoms with Gasteiger partial charge in [0.25, 0.3) is 0 Å². The van der Waals surface area contributed by atoms with Gasteiger partial charge in [0.05, 0.1) is 33.2 Å². The molecule has 1 heterocycles. The van der Waals surface area contributed by atoms with Crippen molar-refractivity contribution < 1.29 is 58.9 Å².